The molecule has 0 N–H and O–H groups in total. The number of carbonyl (C=O) groups is 1. The second-order valence-electron chi connectivity index (χ2n) is 10.1. The van der Waals surface area contributed by atoms with Gasteiger partial charge in [-0.1, -0.05) is 41.7 Å². The summed E-state index contributed by atoms with van der Waals surface area (Å²) >= 11 is 1.63. The van der Waals surface area contributed by atoms with Crippen LogP contribution in [0, 0.1) is 5.92 Å². The van der Waals surface area contributed by atoms with Crippen LogP contribution in [0.3, 0.4) is 0 Å². The van der Waals surface area contributed by atoms with Gasteiger partial charge in [-0.3, -0.25) is 9.69 Å². The highest BCUT2D eigenvalue weighted by atomic mass is 32.1. The quantitative estimate of drug-likeness (QED) is 0.442. The van der Waals surface area contributed by atoms with Crippen molar-refractivity contribution in [3.05, 3.63) is 36.7 Å². The summed E-state index contributed by atoms with van der Waals surface area (Å²) in [6.07, 6.45) is 8.20. The van der Waals surface area contributed by atoms with Gasteiger partial charge in [0.05, 0.1) is 5.39 Å². The summed E-state index contributed by atoms with van der Waals surface area (Å²) in [5, 5.41) is 2.10. The molecule has 0 radical (unpaired) electrons. The minimum absolute atomic E-state index is 0.206. The standard InChI is InChI=1S/C28H35N5O2S/c1-2-35-27(32-14-6-7-15-32)21-12-17-31(18-13-21)25-24-23(20-9-4-3-5-10-20)28(33-16-8-11-22(33)34)36-26(24)30-19-29-25/h3-5,9-10,19,21,27H,2,6-8,11-18H2,1H3. The molecule has 1 aromatic carbocycles. The van der Waals surface area contributed by atoms with E-state index in [0.29, 0.717) is 12.3 Å². The number of nitrogens with zero attached hydrogens (tertiary/aromatic N) is 5. The van der Waals surface area contributed by atoms with Crippen molar-refractivity contribution in [2.24, 2.45) is 5.92 Å². The Labute approximate surface area is 217 Å². The first kappa shape index (κ1) is 23.8. The molecule has 8 heteroatoms. The summed E-state index contributed by atoms with van der Waals surface area (Å²) in [5.74, 6) is 1.75. The lowest BCUT2D eigenvalue weighted by Crippen LogP contribution is -2.46. The highest BCUT2D eigenvalue weighted by molar-refractivity contribution is 7.23. The van der Waals surface area contributed by atoms with E-state index in [-0.39, 0.29) is 12.1 Å². The highest BCUT2D eigenvalue weighted by Crippen LogP contribution is 2.48. The molecule has 3 fully saturated rings. The molecule has 3 aromatic rings. The van der Waals surface area contributed by atoms with Crippen molar-refractivity contribution in [2.45, 2.75) is 51.7 Å². The number of hydrogen-bond acceptors (Lipinski definition) is 7. The van der Waals surface area contributed by atoms with Gasteiger partial charge in [-0.25, -0.2) is 9.97 Å². The molecule has 36 heavy (non-hydrogen) atoms. The predicted molar refractivity (Wildman–Crippen MR) is 146 cm³/mol. The van der Waals surface area contributed by atoms with Gasteiger partial charge in [-0.2, -0.15) is 0 Å². The lowest BCUT2D eigenvalue weighted by molar-refractivity contribution is -0.117. The number of carbonyl (C=O) groups excluding carboxylic acids is 1. The van der Waals surface area contributed by atoms with Crippen molar-refractivity contribution in [1.29, 1.82) is 0 Å². The van der Waals surface area contributed by atoms with Gasteiger partial charge in [0.1, 0.15) is 28.2 Å². The van der Waals surface area contributed by atoms with Crippen LogP contribution < -0.4 is 9.80 Å². The molecule has 1 amide bonds. The van der Waals surface area contributed by atoms with E-state index in [1.54, 1.807) is 17.7 Å². The molecule has 5 heterocycles. The molecule has 1 unspecified atom stereocenters. The molecule has 0 aliphatic carbocycles. The Morgan fingerprint density at radius 1 is 1.03 bits per heavy atom. The fourth-order valence-corrected chi connectivity index (χ4v) is 7.38. The van der Waals surface area contributed by atoms with Gasteiger partial charge < -0.3 is 14.5 Å². The van der Waals surface area contributed by atoms with Gasteiger partial charge in [-0.15, -0.1) is 0 Å². The Balaban J connectivity index is 1.34. The number of likely N-dealkylation sites (tertiary alicyclic amines) is 1. The maximum atomic E-state index is 12.8. The third-order valence-electron chi connectivity index (χ3n) is 7.91. The fraction of sp³-hybridized carbons (Fsp3) is 0.536. The van der Waals surface area contributed by atoms with Crippen LogP contribution in [0.15, 0.2) is 36.7 Å². The normalized spacial score (nSPS) is 20.6. The van der Waals surface area contributed by atoms with Crippen molar-refractivity contribution in [3.63, 3.8) is 0 Å². The fourth-order valence-electron chi connectivity index (χ4n) is 6.17. The van der Waals surface area contributed by atoms with Crippen molar-refractivity contribution < 1.29 is 9.53 Å². The van der Waals surface area contributed by atoms with Crippen LogP contribution in [0.2, 0.25) is 0 Å². The summed E-state index contributed by atoms with van der Waals surface area (Å²) in [4.78, 5) is 30.2. The zero-order valence-electron chi connectivity index (χ0n) is 21.1. The van der Waals surface area contributed by atoms with Crippen LogP contribution in [0.5, 0.6) is 0 Å². The number of amides is 1. The molecule has 3 aliphatic heterocycles. The Bertz CT molecular complexity index is 1200. The minimum Gasteiger partial charge on any atom is -0.363 e. The molecular formula is C28H35N5O2S. The van der Waals surface area contributed by atoms with Crippen LogP contribution in [0.25, 0.3) is 21.3 Å². The Hall–Kier alpha value is -2.55. The Morgan fingerprint density at radius 2 is 1.81 bits per heavy atom. The van der Waals surface area contributed by atoms with Crippen molar-refractivity contribution in [2.75, 3.05) is 49.1 Å². The molecule has 190 valence electrons. The van der Waals surface area contributed by atoms with Gasteiger partial charge in [0.2, 0.25) is 5.91 Å². The van der Waals surface area contributed by atoms with E-state index in [4.69, 9.17) is 9.72 Å². The first-order valence-electron chi connectivity index (χ1n) is 13.5. The lowest BCUT2D eigenvalue weighted by atomic mass is 9.93. The predicted octanol–water partition coefficient (Wildman–Crippen LogP) is 5.16. The van der Waals surface area contributed by atoms with Crippen molar-refractivity contribution >= 4 is 38.3 Å². The second kappa shape index (κ2) is 10.4. The minimum atomic E-state index is 0.206. The number of benzene rings is 1. The van der Waals surface area contributed by atoms with Gasteiger partial charge in [-0.05, 0) is 44.6 Å². The lowest BCUT2D eigenvalue weighted by Gasteiger charge is -2.40. The van der Waals surface area contributed by atoms with Gasteiger partial charge >= 0.3 is 0 Å². The molecule has 3 saturated heterocycles. The highest BCUT2D eigenvalue weighted by Gasteiger charge is 2.35. The molecular weight excluding hydrogens is 470 g/mol. The number of rotatable bonds is 7. The average Bonchev–Trinajstić information content (AvgIpc) is 3.67. The summed E-state index contributed by atoms with van der Waals surface area (Å²) in [6, 6.07) is 10.4. The third-order valence-corrected chi connectivity index (χ3v) is 9.03. The van der Waals surface area contributed by atoms with Crippen LogP contribution in [0.1, 0.15) is 45.4 Å². The zero-order valence-corrected chi connectivity index (χ0v) is 21.9. The van der Waals surface area contributed by atoms with E-state index in [2.05, 4.69) is 46.0 Å². The number of hydrogen-bond donors (Lipinski definition) is 0. The van der Waals surface area contributed by atoms with Gasteiger partial charge in [0.25, 0.3) is 0 Å². The third kappa shape index (κ3) is 4.40. The Kier molecular flexibility index (Phi) is 6.91. The van der Waals surface area contributed by atoms with E-state index >= 15 is 0 Å². The number of piperidine rings is 1. The van der Waals surface area contributed by atoms with Crippen molar-refractivity contribution in [3.8, 4) is 11.1 Å². The Morgan fingerprint density at radius 3 is 2.50 bits per heavy atom. The zero-order chi connectivity index (χ0) is 24.5. The summed E-state index contributed by atoms with van der Waals surface area (Å²) < 4.78 is 6.27. The molecule has 0 bridgehead atoms. The van der Waals surface area contributed by atoms with E-state index in [1.165, 1.54) is 12.8 Å². The van der Waals surface area contributed by atoms with E-state index in [1.807, 2.05) is 11.0 Å². The topological polar surface area (TPSA) is 61.8 Å². The van der Waals surface area contributed by atoms with Crippen LogP contribution in [-0.4, -0.2) is 66.3 Å². The number of fused-ring (bicyclic) bond motifs is 1. The smallest absolute Gasteiger partial charge is 0.227 e. The van der Waals surface area contributed by atoms with Crippen LogP contribution >= 0.6 is 11.3 Å². The van der Waals surface area contributed by atoms with E-state index in [9.17, 15) is 4.79 Å². The molecule has 2 aromatic heterocycles. The van der Waals surface area contributed by atoms with Crippen LogP contribution in [0.4, 0.5) is 10.8 Å². The second-order valence-corrected chi connectivity index (χ2v) is 11.1. The summed E-state index contributed by atoms with van der Waals surface area (Å²) in [6.45, 7) is 7.87. The average molecular weight is 506 g/mol. The monoisotopic (exact) mass is 505 g/mol. The SMILES string of the molecule is CCOC(C1CCN(c2ncnc3sc(N4CCCC4=O)c(-c4ccccc4)c23)CC1)N1CCCC1. The molecule has 1 atom stereocenters. The summed E-state index contributed by atoms with van der Waals surface area (Å²) in [7, 11) is 0. The first-order chi connectivity index (χ1) is 17.7. The molecule has 0 spiro atoms. The maximum Gasteiger partial charge on any atom is 0.227 e. The number of aromatic nitrogens is 2. The molecule has 0 saturated carbocycles. The first-order valence-corrected chi connectivity index (χ1v) is 14.3. The largest absolute Gasteiger partial charge is 0.363 e. The van der Waals surface area contributed by atoms with Gasteiger partial charge in [0, 0.05) is 57.2 Å². The van der Waals surface area contributed by atoms with Crippen molar-refractivity contribution in [1.82, 2.24) is 14.9 Å². The van der Waals surface area contributed by atoms with Gasteiger partial charge in [0.15, 0.2) is 0 Å². The number of ether oxygens (including phenoxy) is 1. The molecule has 6 rings (SSSR count). The molecule has 3 aliphatic rings. The molecule has 7 nitrogen and oxygen atoms in total. The number of thiophene rings is 1. The van der Waals surface area contributed by atoms with Crippen LogP contribution in [-0.2, 0) is 9.53 Å². The van der Waals surface area contributed by atoms with E-state index in [0.717, 1.165) is 90.8 Å². The summed E-state index contributed by atoms with van der Waals surface area (Å²) in [5.41, 5.74) is 2.22. The number of anilines is 2. The van der Waals surface area contributed by atoms with E-state index < -0.39 is 0 Å². The maximum absolute atomic E-state index is 12.8.